The van der Waals surface area contributed by atoms with E-state index in [2.05, 4.69) is 76.4 Å². The van der Waals surface area contributed by atoms with E-state index < -0.39 is 20.2 Å². The average Bonchev–Trinajstić information content (AvgIpc) is 3.04. The van der Waals surface area contributed by atoms with E-state index in [-0.39, 0.29) is 35.2 Å². The molecule has 0 aromatic heterocycles. The third-order valence-corrected chi connectivity index (χ3v) is 12.0. The van der Waals surface area contributed by atoms with Crippen molar-refractivity contribution in [2.75, 3.05) is 4.43 Å². The molecule has 1 heterocycles. The lowest BCUT2D eigenvalue weighted by Gasteiger charge is -2.39. The Labute approximate surface area is 221 Å². The summed E-state index contributed by atoms with van der Waals surface area (Å²) >= 11 is 2.34. The van der Waals surface area contributed by atoms with Crippen LogP contribution in [0.4, 0.5) is 0 Å². The monoisotopic (exact) mass is 602 g/mol. The number of hydrogen-bond acceptors (Lipinski definition) is 5. The summed E-state index contributed by atoms with van der Waals surface area (Å²) in [6, 6.07) is 9.08. The van der Waals surface area contributed by atoms with Crippen molar-refractivity contribution in [1.29, 1.82) is 0 Å². The van der Waals surface area contributed by atoms with Crippen molar-refractivity contribution in [3.8, 4) is 0 Å². The summed E-state index contributed by atoms with van der Waals surface area (Å²) in [6.45, 7) is 19.4. The smallest absolute Gasteiger partial charge is 0.338 e. The zero-order chi connectivity index (χ0) is 25.7. The molecule has 0 radical (unpaired) electrons. The molecule has 1 saturated heterocycles. The predicted molar refractivity (Wildman–Crippen MR) is 149 cm³/mol. The second kappa shape index (κ2) is 12.0. The zero-order valence-corrected chi connectivity index (χ0v) is 25.4. The number of carbonyl (C=O) groups is 1. The first kappa shape index (κ1) is 29.5. The first-order valence-electron chi connectivity index (χ1n) is 12.2. The molecule has 7 heteroatoms. The quantitative estimate of drug-likeness (QED) is 0.0936. The van der Waals surface area contributed by atoms with Crippen LogP contribution < -0.4 is 0 Å². The Hall–Kier alpha value is -0.743. The predicted octanol–water partition coefficient (Wildman–Crippen LogP) is 7.16. The highest BCUT2D eigenvalue weighted by Gasteiger charge is 2.45. The van der Waals surface area contributed by atoms with Crippen LogP contribution in [0, 0.1) is 5.92 Å². The van der Waals surface area contributed by atoms with Crippen molar-refractivity contribution in [3.63, 3.8) is 0 Å². The molecule has 34 heavy (non-hydrogen) atoms. The van der Waals surface area contributed by atoms with Gasteiger partial charge in [0, 0.05) is 10.5 Å². The maximum atomic E-state index is 12.9. The van der Waals surface area contributed by atoms with E-state index in [1.807, 2.05) is 38.1 Å². The number of ether oxygens (including phenoxy) is 3. The van der Waals surface area contributed by atoms with Gasteiger partial charge in [-0.05, 0) is 69.5 Å². The molecule has 0 aliphatic carbocycles. The molecule has 0 spiro atoms. The molecule has 1 aromatic carbocycles. The van der Waals surface area contributed by atoms with Gasteiger partial charge < -0.3 is 18.6 Å². The minimum Gasteiger partial charge on any atom is -0.452 e. The molecule has 0 bridgehead atoms. The Kier molecular flexibility index (Phi) is 10.4. The molecular weight excluding hydrogens is 559 g/mol. The van der Waals surface area contributed by atoms with Gasteiger partial charge in [-0.2, -0.15) is 0 Å². The molecule has 1 fully saturated rings. The standard InChI is InChI=1S/C27H43IO5Si/c1-19(20(2)33-34(8,9)26(3,4)5)15-16-22(30-25(29)21-13-11-10-12-14-21)24-23(17-18-28)31-27(6,7)32-24/h10-16,19-20,22-24H,17-18H2,1-9H3/t19-,20-,22?,23+,24?/m1/s1. The van der Waals surface area contributed by atoms with Crippen molar-refractivity contribution in [2.45, 2.75) is 103 Å². The average molecular weight is 603 g/mol. The maximum absolute atomic E-state index is 12.9. The van der Waals surface area contributed by atoms with E-state index >= 15 is 0 Å². The van der Waals surface area contributed by atoms with Crippen LogP contribution in [0.2, 0.25) is 18.1 Å². The minimum absolute atomic E-state index is 0.0462. The highest BCUT2D eigenvalue weighted by molar-refractivity contribution is 14.1. The summed E-state index contributed by atoms with van der Waals surface area (Å²) in [5.41, 5.74) is 0.521. The number of esters is 1. The summed E-state index contributed by atoms with van der Waals surface area (Å²) in [6.07, 6.45) is 3.83. The van der Waals surface area contributed by atoms with Crippen molar-refractivity contribution < 1.29 is 23.4 Å². The second-order valence-corrected chi connectivity index (χ2v) is 17.0. The van der Waals surface area contributed by atoms with Crippen LogP contribution in [0.15, 0.2) is 42.5 Å². The van der Waals surface area contributed by atoms with E-state index in [4.69, 9.17) is 18.6 Å². The molecule has 0 saturated carbocycles. The molecule has 0 N–H and O–H groups in total. The maximum Gasteiger partial charge on any atom is 0.338 e. The lowest BCUT2D eigenvalue weighted by atomic mass is 10.0. The fourth-order valence-electron chi connectivity index (χ4n) is 3.64. The highest BCUT2D eigenvalue weighted by atomic mass is 127. The molecule has 1 aromatic rings. The Morgan fingerprint density at radius 2 is 1.76 bits per heavy atom. The number of alkyl halides is 1. The lowest BCUT2D eigenvalue weighted by molar-refractivity contribution is -0.153. The second-order valence-electron chi connectivity index (χ2n) is 11.2. The molecular formula is C27H43IO5Si. The molecule has 2 rings (SSSR count). The van der Waals surface area contributed by atoms with Gasteiger partial charge in [0.2, 0.25) is 0 Å². The van der Waals surface area contributed by atoms with Gasteiger partial charge in [-0.1, -0.05) is 74.6 Å². The number of rotatable bonds is 10. The summed E-state index contributed by atoms with van der Waals surface area (Å²) in [5.74, 6) is -0.947. The Morgan fingerprint density at radius 1 is 1.15 bits per heavy atom. The first-order valence-corrected chi connectivity index (χ1v) is 16.6. The van der Waals surface area contributed by atoms with Gasteiger partial charge in [-0.25, -0.2) is 4.79 Å². The lowest BCUT2D eigenvalue weighted by Crippen LogP contribution is -2.44. The van der Waals surface area contributed by atoms with Crippen LogP contribution in [-0.2, 0) is 18.6 Å². The zero-order valence-electron chi connectivity index (χ0n) is 22.3. The van der Waals surface area contributed by atoms with Gasteiger partial charge in [-0.3, -0.25) is 0 Å². The van der Waals surface area contributed by atoms with E-state index in [0.29, 0.717) is 5.56 Å². The van der Waals surface area contributed by atoms with Crippen LogP contribution >= 0.6 is 22.6 Å². The van der Waals surface area contributed by atoms with Gasteiger partial charge >= 0.3 is 5.97 Å². The van der Waals surface area contributed by atoms with Gasteiger partial charge in [0.15, 0.2) is 14.1 Å². The van der Waals surface area contributed by atoms with Gasteiger partial charge in [0.25, 0.3) is 0 Å². The third kappa shape index (κ3) is 8.15. The molecule has 192 valence electrons. The molecule has 1 aliphatic heterocycles. The summed E-state index contributed by atoms with van der Waals surface area (Å²) in [7, 11) is -1.89. The van der Waals surface area contributed by atoms with Crippen LogP contribution in [0.3, 0.4) is 0 Å². The summed E-state index contributed by atoms with van der Waals surface area (Å²) in [5, 5.41) is 0.145. The Morgan fingerprint density at radius 3 is 2.32 bits per heavy atom. The topological polar surface area (TPSA) is 54.0 Å². The van der Waals surface area contributed by atoms with Crippen LogP contribution in [0.5, 0.6) is 0 Å². The normalized spacial score (nSPS) is 23.6. The number of carbonyl (C=O) groups excluding carboxylic acids is 1. The van der Waals surface area contributed by atoms with E-state index in [9.17, 15) is 4.79 Å². The van der Waals surface area contributed by atoms with Gasteiger partial charge in [0.05, 0.1) is 11.7 Å². The van der Waals surface area contributed by atoms with Crippen molar-refractivity contribution in [3.05, 3.63) is 48.0 Å². The highest BCUT2D eigenvalue weighted by Crippen LogP contribution is 2.38. The van der Waals surface area contributed by atoms with Crippen molar-refractivity contribution in [1.82, 2.24) is 0 Å². The molecule has 0 amide bonds. The number of benzene rings is 1. The molecule has 1 aliphatic rings. The van der Waals surface area contributed by atoms with Gasteiger partial charge in [-0.15, -0.1) is 0 Å². The number of hydrogen-bond donors (Lipinski definition) is 0. The molecule has 5 atom stereocenters. The van der Waals surface area contributed by atoms with E-state index in [1.165, 1.54) is 0 Å². The van der Waals surface area contributed by atoms with Crippen molar-refractivity contribution >= 4 is 36.9 Å². The Balaban J connectivity index is 2.24. The fraction of sp³-hybridized carbons (Fsp3) is 0.667. The largest absolute Gasteiger partial charge is 0.452 e. The SMILES string of the molecule is C[C@H](C=CC(OC(=O)c1ccccc1)C1OC(C)(C)O[C@H]1CCI)[C@@H](C)O[Si](C)(C)C(C)(C)C. The minimum atomic E-state index is -1.89. The third-order valence-electron chi connectivity index (χ3n) is 6.82. The van der Waals surface area contributed by atoms with Crippen molar-refractivity contribution in [2.24, 2.45) is 5.92 Å². The molecule has 2 unspecified atom stereocenters. The fourth-order valence-corrected chi connectivity index (χ4v) is 5.76. The Bertz CT molecular complexity index is 818. The summed E-state index contributed by atoms with van der Waals surface area (Å²) in [4.78, 5) is 12.9. The van der Waals surface area contributed by atoms with Crippen LogP contribution in [0.1, 0.15) is 65.2 Å². The first-order chi connectivity index (χ1) is 15.7. The van der Waals surface area contributed by atoms with Gasteiger partial charge in [0.1, 0.15) is 12.2 Å². The van der Waals surface area contributed by atoms with Crippen LogP contribution in [0.25, 0.3) is 0 Å². The summed E-state index contributed by atoms with van der Waals surface area (Å²) < 4.78 is 25.9. The van der Waals surface area contributed by atoms with E-state index in [1.54, 1.807) is 12.1 Å². The number of halogens is 1. The van der Waals surface area contributed by atoms with Crippen LogP contribution in [-0.4, -0.2) is 48.9 Å². The van der Waals surface area contributed by atoms with E-state index in [0.717, 1.165) is 10.8 Å². The molecule has 5 nitrogen and oxygen atoms in total.